The van der Waals surface area contributed by atoms with Crippen LogP contribution in [0.25, 0.3) is 21.9 Å². The number of pyridine rings is 1. The van der Waals surface area contributed by atoms with E-state index in [1.807, 2.05) is 30.3 Å². The van der Waals surface area contributed by atoms with Crippen LogP contribution in [0.3, 0.4) is 0 Å². The third kappa shape index (κ3) is 7.05. The minimum Gasteiger partial charge on any atom is -0.497 e. The molecule has 1 fully saturated rings. The number of imidazole rings is 1. The van der Waals surface area contributed by atoms with Crippen molar-refractivity contribution in [2.75, 3.05) is 26.7 Å². The number of hydrogen-bond donors (Lipinski definition) is 5. The van der Waals surface area contributed by atoms with Crippen molar-refractivity contribution in [3.63, 3.8) is 0 Å². The van der Waals surface area contributed by atoms with Gasteiger partial charge in [-0.2, -0.15) is 0 Å². The number of aliphatic hydroxyl groups is 1. The molecule has 0 spiro atoms. The molecule has 2 aromatic heterocycles. The van der Waals surface area contributed by atoms with E-state index in [1.165, 1.54) is 6.07 Å². The monoisotopic (exact) mass is 539 g/mol. The summed E-state index contributed by atoms with van der Waals surface area (Å²) in [6, 6.07) is 12.9. The lowest BCUT2D eigenvalue weighted by atomic mass is 10.0. The molecule has 39 heavy (non-hydrogen) atoms. The molecule has 4 aromatic rings. The second-order valence-corrected chi connectivity index (χ2v) is 9.18. The Hall–Kier alpha value is -4.13. The number of methoxy groups -OCH3 is 1. The molecule has 0 bridgehead atoms. The van der Waals surface area contributed by atoms with E-state index in [0.29, 0.717) is 24.6 Å². The van der Waals surface area contributed by atoms with Crippen LogP contribution in [0.2, 0.25) is 0 Å². The normalized spacial score (nSPS) is 15.1. The fourth-order valence-corrected chi connectivity index (χ4v) is 4.60. The van der Waals surface area contributed by atoms with Crippen molar-refractivity contribution in [2.45, 2.75) is 31.5 Å². The van der Waals surface area contributed by atoms with Crippen molar-refractivity contribution in [2.24, 2.45) is 0 Å². The molecule has 5 rings (SSSR count). The van der Waals surface area contributed by atoms with Crippen LogP contribution in [0, 0.1) is 5.82 Å². The maximum atomic E-state index is 13.8. The van der Waals surface area contributed by atoms with Gasteiger partial charge in [-0.25, -0.2) is 19.0 Å². The maximum Gasteiger partial charge on any atom is 0.414 e. The Morgan fingerprint density at radius 2 is 1.92 bits per heavy atom. The zero-order valence-corrected chi connectivity index (χ0v) is 21.3. The van der Waals surface area contributed by atoms with Crippen LogP contribution >= 0.6 is 0 Å². The Morgan fingerprint density at radius 3 is 2.59 bits per heavy atom. The second-order valence-electron chi connectivity index (χ2n) is 9.18. The molecule has 5 N–H and O–H groups in total. The number of carboxylic acids is 2. The number of piperidine rings is 1. The number of aliphatic carboxylic acids is 2. The van der Waals surface area contributed by atoms with E-state index in [0.717, 1.165) is 59.5 Å². The molecule has 0 amide bonds. The lowest BCUT2D eigenvalue weighted by Gasteiger charge is -2.33. The Kier molecular flexibility index (Phi) is 9.02. The summed E-state index contributed by atoms with van der Waals surface area (Å²) >= 11 is 0. The van der Waals surface area contributed by atoms with Gasteiger partial charge in [-0.1, -0.05) is 6.07 Å². The predicted molar refractivity (Wildman–Crippen MR) is 141 cm³/mol. The number of nitrogens with zero attached hydrogens (tertiary/aromatic N) is 3. The Balaban J connectivity index is 0.000000531. The first-order valence-electron chi connectivity index (χ1n) is 12.4. The predicted octanol–water partition coefficient (Wildman–Crippen LogP) is 2.70. The molecule has 1 aliphatic rings. The average molecular weight is 540 g/mol. The fraction of sp³-hybridized carbons (Fsp3) is 0.333. The van der Waals surface area contributed by atoms with Gasteiger partial charge in [0.2, 0.25) is 0 Å². The third-order valence-electron chi connectivity index (χ3n) is 6.61. The number of nitrogens with one attached hydrogen (secondary N) is 2. The van der Waals surface area contributed by atoms with Crippen molar-refractivity contribution < 1.29 is 34.0 Å². The van der Waals surface area contributed by atoms with Crippen molar-refractivity contribution in [1.82, 2.24) is 25.2 Å². The molecule has 11 nitrogen and oxygen atoms in total. The van der Waals surface area contributed by atoms with Gasteiger partial charge in [0.05, 0.1) is 30.8 Å². The summed E-state index contributed by atoms with van der Waals surface area (Å²) in [6.45, 7) is 2.95. The van der Waals surface area contributed by atoms with E-state index in [1.54, 1.807) is 19.4 Å². The van der Waals surface area contributed by atoms with Gasteiger partial charge < -0.3 is 35.3 Å². The summed E-state index contributed by atoms with van der Waals surface area (Å²) in [6.07, 6.45) is 3.10. The van der Waals surface area contributed by atoms with Gasteiger partial charge in [0, 0.05) is 24.2 Å². The highest BCUT2D eigenvalue weighted by Crippen LogP contribution is 2.28. The molecule has 1 aliphatic heterocycles. The molecule has 206 valence electrons. The minimum absolute atomic E-state index is 0.303. The van der Waals surface area contributed by atoms with Gasteiger partial charge in [-0.15, -0.1) is 0 Å². The highest BCUT2D eigenvalue weighted by Gasteiger charge is 2.23. The summed E-state index contributed by atoms with van der Waals surface area (Å²) in [5, 5.41) is 30.2. The highest BCUT2D eigenvalue weighted by atomic mass is 19.1. The van der Waals surface area contributed by atoms with E-state index in [9.17, 15) is 9.50 Å². The Morgan fingerprint density at radius 1 is 1.18 bits per heavy atom. The third-order valence-corrected chi connectivity index (χ3v) is 6.61. The number of hydrogen-bond acceptors (Lipinski definition) is 8. The first-order valence-corrected chi connectivity index (χ1v) is 12.4. The number of H-pyrrole nitrogens is 1. The number of benzene rings is 2. The number of aromatic nitrogens is 3. The number of β-amino-alcohol motifs (C(OH)–C–C–N with tert-alkyl or cyclic N) is 1. The standard InChI is InChI=1S/C25H28FN5O2.C2H2O4/c1-33-17-5-6-21-19(13-17)18(7-10-27-21)23(32)15-31-11-8-16(9-12-31)28-14-24-29-22-4-2-3-20(26)25(22)30-24;3-1(4)2(5)6/h2-7,10,13,16,23,28,32H,8-9,11-12,14-15H2,1H3,(H,29,30);(H,3,4)(H,5,6)/t23-;/m0./s1. The van der Waals surface area contributed by atoms with Crippen molar-refractivity contribution in [3.8, 4) is 5.75 Å². The number of rotatable bonds is 7. The van der Waals surface area contributed by atoms with Gasteiger partial charge in [0.25, 0.3) is 0 Å². The molecule has 0 aliphatic carbocycles. The van der Waals surface area contributed by atoms with Crippen LogP contribution in [0.5, 0.6) is 5.75 Å². The quantitative estimate of drug-likeness (QED) is 0.221. The molecule has 1 atom stereocenters. The number of aromatic amines is 1. The van der Waals surface area contributed by atoms with Crippen LogP contribution < -0.4 is 10.1 Å². The summed E-state index contributed by atoms with van der Waals surface area (Å²) in [5.41, 5.74) is 2.83. The summed E-state index contributed by atoms with van der Waals surface area (Å²) in [5.74, 6) is -2.46. The largest absolute Gasteiger partial charge is 0.497 e. The van der Waals surface area contributed by atoms with Crippen LogP contribution in [-0.2, 0) is 16.1 Å². The molecular formula is C27H30FN5O6. The summed E-state index contributed by atoms with van der Waals surface area (Å²) in [4.78, 5) is 32.5. The van der Waals surface area contributed by atoms with Gasteiger partial charge >= 0.3 is 11.9 Å². The molecular weight excluding hydrogens is 509 g/mol. The van der Waals surface area contributed by atoms with E-state index in [-0.39, 0.29) is 5.82 Å². The zero-order chi connectivity index (χ0) is 27.9. The topological polar surface area (TPSA) is 161 Å². The average Bonchev–Trinajstić information content (AvgIpc) is 3.37. The van der Waals surface area contributed by atoms with Crippen LogP contribution in [0.4, 0.5) is 4.39 Å². The number of para-hydroxylation sites is 1. The van der Waals surface area contributed by atoms with Gasteiger partial charge in [0.15, 0.2) is 5.82 Å². The van der Waals surface area contributed by atoms with Crippen molar-refractivity contribution in [3.05, 3.63) is 65.9 Å². The lowest BCUT2D eigenvalue weighted by Crippen LogP contribution is -2.43. The molecule has 0 saturated carbocycles. The first kappa shape index (κ1) is 27.9. The van der Waals surface area contributed by atoms with E-state index < -0.39 is 18.0 Å². The van der Waals surface area contributed by atoms with Crippen LogP contribution in [0.15, 0.2) is 48.7 Å². The number of likely N-dealkylation sites (tertiary alicyclic amines) is 1. The fourth-order valence-electron chi connectivity index (χ4n) is 4.60. The van der Waals surface area contributed by atoms with Crippen molar-refractivity contribution >= 4 is 33.9 Å². The molecule has 0 radical (unpaired) electrons. The lowest BCUT2D eigenvalue weighted by molar-refractivity contribution is -0.159. The Labute approximate surface area is 223 Å². The molecule has 2 aromatic carbocycles. The molecule has 3 heterocycles. The highest BCUT2D eigenvalue weighted by molar-refractivity contribution is 6.27. The molecule has 1 saturated heterocycles. The minimum atomic E-state index is -1.82. The number of ether oxygens (including phenoxy) is 1. The smallest absolute Gasteiger partial charge is 0.414 e. The number of carboxylic acid groups (broad SMARTS) is 2. The molecule has 12 heteroatoms. The number of fused-ring (bicyclic) bond motifs is 2. The summed E-state index contributed by atoms with van der Waals surface area (Å²) < 4.78 is 19.2. The SMILES string of the molecule is COc1ccc2nccc([C@@H](O)CN3CCC(NCc4nc5c(F)cccc5[nH]4)CC3)c2c1.O=C(O)C(=O)O. The van der Waals surface area contributed by atoms with Gasteiger partial charge in [-0.3, -0.25) is 4.98 Å². The number of halogens is 1. The van der Waals surface area contributed by atoms with Gasteiger partial charge in [-0.05, 0) is 67.9 Å². The van der Waals surface area contributed by atoms with Gasteiger partial charge in [0.1, 0.15) is 17.1 Å². The Bertz CT molecular complexity index is 1440. The van der Waals surface area contributed by atoms with E-state index in [4.69, 9.17) is 24.5 Å². The second kappa shape index (κ2) is 12.6. The number of carbonyl (C=O) groups is 2. The van der Waals surface area contributed by atoms with E-state index >= 15 is 0 Å². The van der Waals surface area contributed by atoms with Crippen molar-refractivity contribution in [1.29, 1.82) is 0 Å². The van der Waals surface area contributed by atoms with Crippen LogP contribution in [0.1, 0.15) is 30.3 Å². The van der Waals surface area contributed by atoms with Crippen LogP contribution in [-0.4, -0.2) is 79.9 Å². The zero-order valence-electron chi connectivity index (χ0n) is 21.3. The number of aliphatic hydroxyl groups excluding tert-OH is 1. The first-order chi connectivity index (χ1) is 18.7. The van der Waals surface area contributed by atoms with E-state index in [2.05, 4.69) is 25.2 Å². The maximum absolute atomic E-state index is 13.8. The molecule has 0 unspecified atom stereocenters. The summed E-state index contributed by atoms with van der Waals surface area (Å²) in [7, 11) is 1.64.